The van der Waals surface area contributed by atoms with E-state index in [9.17, 15) is 0 Å². The number of aryl methyl sites for hydroxylation is 3. The van der Waals surface area contributed by atoms with Crippen LogP contribution >= 0.6 is 0 Å². The molecular formula is C16H21N3. The van der Waals surface area contributed by atoms with Crippen LogP contribution in [0.5, 0.6) is 0 Å². The summed E-state index contributed by atoms with van der Waals surface area (Å²) in [6.45, 7) is 8.54. The molecule has 0 spiro atoms. The predicted octanol–water partition coefficient (Wildman–Crippen LogP) is 3.01. The van der Waals surface area contributed by atoms with E-state index < -0.39 is 0 Å². The number of aromatic nitrogens is 2. The molecule has 0 radical (unpaired) electrons. The average Bonchev–Trinajstić information content (AvgIpc) is 2.95. The van der Waals surface area contributed by atoms with Crippen molar-refractivity contribution in [3.63, 3.8) is 0 Å². The van der Waals surface area contributed by atoms with Crippen molar-refractivity contribution in [2.45, 2.75) is 33.2 Å². The van der Waals surface area contributed by atoms with Crippen molar-refractivity contribution in [3.05, 3.63) is 41.2 Å². The Bertz CT molecular complexity index is 572. The van der Waals surface area contributed by atoms with Crippen LogP contribution in [-0.4, -0.2) is 22.9 Å². The van der Waals surface area contributed by atoms with Gasteiger partial charge in [-0.15, -0.1) is 0 Å². The zero-order chi connectivity index (χ0) is 13.4. The maximum absolute atomic E-state index is 4.71. The zero-order valence-corrected chi connectivity index (χ0v) is 11.9. The molecule has 0 amide bonds. The maximum Gasteiger partial charge on any atom is 0.0672 e. The van der Waals surface area contributed by atoms with Gasteiger partial charge in [0.05, 0.1) is 11.7 Å². The molecular weight excluding hydrogens is 234 g/mol. The molecule has 1 aliphatic rings. The van der Waals surface area contributed by atoms with Crippen molar-refractivity contribution in [1.29, 1.82) is 0 Å². The second-order valence-electron chi connectivity index (χ2n) is 5.63. The van der Waals surface area contributed by atoms with Gasteiger partial charge in [-0.2, -0.15) is 5.10 Å². The molecule has 0 bridgehead atoms. The summed E-state index contributed by atoms with van der Waals surface area (Å²) < 4.78 is 2.14. The van der Waals surface area contributed by atoms with Crippen molar-refractivity contribution < 1.29 is 0 Å². The standard InChI is InChI=1S/C16H21N3/c1-11-6-12(2)8-14(7-11)16-10-19(18-13(16)3)15-4-5-17-9-15/h6-8,10,15,17H,4-5,9H2,1-3H3. The second-order valence-corrected chi connectivity index (χ2v) is 5.63. The van der Waals surface area contributed by atoms with Crippen LogP contribution in [0.2, 0.25) is 0 Å². The molecule has 1 aliphatic heterocycles. The number of hydrogen-bond acceptors (Lipinski definition) is 2. The van der Waals surface area contributed by atoms with Gasteiger partial charge in [-0.25, -0.2) is 0 Å². The number of rotatable bonds is 2. The summed E-state index contributed by atoms with van der Waals surface area (Å²) in [6.07, 6.45) is 3.38. The highest BCUT2D eigenvalue weighted by atomic mass is 15.3. The normalized spacial score (nSPS) is 19.0. The first-order valence-corrected chi connectivity index (χ1v) is 6.98. The molecule has 3 nitrogen and oxygen atoms in total. The molecule has 19 heavy (non-hydrogen) atoms. The molecule has 0 saturated carbocycles. The lowest BCUT2D eigenvalue weighted by Gasteiger charge is -2.08. The fourth-order valence-electron chi connectivity index (χ4n) is 2.95. The van der Waals surface area contributed by atoms with E-state index in [1.165, 1.54) is 28.7 Å². The van der Waals surface area contributed by atoms with Crippen molar-refractivity contribution >= 4 is 0 Å². The molecule has 1 unspecified atom stereocenters. The highest BCUT2D eigenvalue weighted by Gasteiger charge is 2.19. The number of benzene rings is 1. The molecule has 3 rings (SSSR count). The minimum absolute atomic E-state index is 0.512. The maximum atomic E-state index is 4.71. The van der Waals surface area contributed by atoms with Crippen LogP contribution in [0, 0.1) is 20.8 Å². The Labute approximate surface area is 114 Å². The highest BCUT2D eigenvalue weighted by Crippen LogP contribution is 2.27. The van der Waals surface area contributed by atoms with Gasteiger partial charge in [0.1, 0.15) is 0 Å². The first kappa shape index (κ1) is 12.4. The van der Waals surface area contributed by atoms with Gasteiger partial charge in [0.2, 0.25) is 0 Å². The first-order chi connectivity index (χ1) is 9.13. The van der Waals surface area contributed by atoms with Gasteiger partial charge in [-0.1, -0.05) is 29.3 Å². The Morgan fingerprint density at radius 3 is 2.53 bits per heavy atom. The number of nitrogens with zero attached hydrogens (tertiary/aromatic N) is 2. The Morgan fingerprint density at radius 2 is 1.89 bits per heavy atom. The largest absolute Gasteiger partial charge is 0.315 e. The number of hydrogen-bond donors (Lipinski definition) is 1. The summed E-state index contributed by atoms with van der Waals surface area (Å²) in [7, 11) is 0. The third-order valence-electron chi connectivity index (χ3n) is 3.86. The fraction of sp³-hybridized carbons (Fsp3) is 0.438. The molecule has 100 valence electrons. The minimum atomic E-state index is 0.512. The number of nitrogens with one attached hydrogen (secondary N) is 1. The summed E-state index contributed by atoms with van der Waals surface area (Å²) >= 11 is 0. The van der Waals surface area contributed by atoms with Crippen molar-refractivity contribution in [3.8, 4) is 11.1 Å². The van der Waals surface area contributed by atoms with E-state index in [4.69, 9.17) is 5.10 Å². The Hall–Kier alpha value is -1.61. The minimum Gasteiger partial charge on any atom is -0.315 e. The van der Waals surface area contributed by atoms with E-state index in [0.29, 0.717) is 6.04 Å². The van der Waals surface area contributed by atoms with Crippen molar-refractivity contribution in [2.75, 3.05) is 13.1 Å². The third-order valence-corrected chi connectivity index (χ3v) is 3.86. The lowest BCUT2D eigenvalue weighted by atomic mass is 10.0. The molecule has 0 aliphatic carbocycles. The second kappa shape index (κ2) is 4.82. The van der Waals surface area contributed by atoms with Gasteiger partial charge >= 0.3 is 0 Å². The zero-order valence-electron chi connectivity index (χ0n) is 11.9. The lowest BCUT2D eigenvalue weighted by molar-refractivity contribution is 0.488. The van der Waals surface area contributed by atoms with E-state index in [2.05, 4.69) is 55.2 Å². The molecule has 1 aromatic heterocycles. The van der Waals surface area contributed by atoms with Gasteiger partial charge in [-0.3, -0.25) is 4.68 Å². The smallest absolute Gasteiger partial charge is 0.0672 e. The summed E-state index contributed by atoms with van der Waals surface area (Å²) in [6, 6.07) is 7.21. The van der Waals surface area contributed by atoms with E-state index in [1.807, 2.05) is 0 Å². The van der Waals surface area contributed by atoms with Gasteiger partial charge in [0.15, 0.2) is 0 Å². The predicted molar refractivity (Wildman–Crippen MR) is 78.4 cm³/mol. The summed E-state index contributed by atoms with van der Waals surface area (Å²) in [5, 5.41) is 8.10. The molecule has 2 aromatic rings. The van der Waals surface area contributed by atoms with Gasteiger partial charge in [-0.05, 0) is 39.3 Å². The van der Waals surface area contributed by atoms with E-state index in [0.717, 1.165) is 18.8 Å². The van der Waals surface area contributed by atoms with Crippen molar-refractivity contribution in [1.82, 2.24) is 15.1 Å². The third kappa shape index (κ3) is 2.43. The molecule has 3 heteroatoms. The van der Waals surface area contributed by atoms with Crippen LogP contribution in [0.3, 0.4) is 0 Å². The van der Waals surface area contributed by atoms with Crippen LogP contribution in [0.15, 0.2) is 24.4 Å². The average molecular weight is 255 g/mol. The topological polar surface area (TPSA) is 29.9 Å². The van der Waals surface area contributed by atoms with E-state index >= 15 is 0 Å². The monoisotopic (exact) mass is 255 g/mol. The molecule has 2 heterocycles. The van der Waals surface area contributed by atoms with Crippen LogP contribution in [0.25, 0.3) is 11.1 Å². The SMILES string of the molecule is Cc1cc(C)cc(-c2cn(C3CCNC3)nc2C)c1. The Balaban J connectivity index is 2.00. The quantitative estimate of drug-likeness (QED) is 0.894. The summed E-state index contributed by atoms with van der Waals surface area (Å²) in [5.74, 6) is 0. The van der Waals surface area contributed by atoms with Crippen LogP contribution in [0.1, 0.15) is 29.3 Å². The van der Waals surface area contributed by atoms with E-state index in [-0.39, 0.29) is 0 Å². The Kier molecular flexibility index (Phi) is 3.15. The van der Waals surface area contributed by atoms with Gasteiger partial charge in [0.25, 0.3) is 0 Å². The van der Waals surface area contributed by atoms with Crippen LogP contribution in [0.4, 0.5) is 0 Å². The fourth-order valence-corrected chi connectivity index (χ4v) is 2.95. The summed E-state index contributed by atoms with van der Waals surface area (Å²) in [4.78, 5) is 0. The molecule has 1 saturated heterocycles. The Morgan fingerprint density at radius 1 is 1.16 bits per heavy atom. The van der Waals surface area contributed by atoms with Crippen LogP contribution in [-0.2, 0) is 0 Å². The van der Waals surface area contributed by atoms with Gasteiger partial charge < -0.3 is 5.32 Å². The molecule has 1 N–H and O–H groups in total. The van der Waals surface area contributed by atoms with E-state index in [1.54, 1.807) is 0 Å². The molecule has 1 atom stereocenters. The summed E-state index contributed by atoms with van der Waals surface area (Å²) in [5.41, 5.74) is 6.29. The molecule has 1 fully saturated rings. The first-order valence-electron chi connectivity index (χ1n) is 6.98. The lowest BCUT2D eigenvalue weighted by Crippen LogP contribution is -2.13. The highest BCUT2D eigenvalue weighted by molar-refractivity contribution is 5.66. The van der Waals surface area contributed by atoms with Gasteiger partial charge in [0, 0.05) is 18.3 Å². The molecule has 1 aromatic carbocycles. The van der Waals surface area contributed by atoms with Crippen molar-refractivity contribution in [2.24, 2.45) is 0 Å². The van der Waals surface area contributed by atoms with Crippen LogP contribution < -0.4 is 5.32 Å².